The Kier molecular flexibility index (Phi) is 2.75. The third kappa shape index (κ3) is 2.76. The Morgan fingerprint density at radius 2 is 1.11 bits per heavy atom. The van der Waals surface area contributed by atoms with Gasteiger partial charge in [0.1, 0.15) is 17.7 Å². The van der Waals surface area contributed by atoms with Crippen LogP contribution in [0.1, 0.15) is 11.1 Å². The maximum Gasteiger partial charge on any atom is 0.395 e. The summed E-state index contributed by atoms with van der Waals surface area (Å²) in [5.74, 6) is 0.537. The van der Waals surface area contributed by atoms with Crippen molar-refractivity contribution in [2.45, 2.75) is 19.8 Å². The van der Waals surface area contributed by atoms with Gasteiger partial charge in [0.05, 0.1) is 0 Å². The van der Waals surface area contributed by atoms with Crippen LogP contribution in [0.5, 0.6) is 11.5 Å². The van der Waals surface area contributed by atoms with E-state index >= 15 is 0 Å². The fourth-order valence-electron chi connectivity index (χ4n) is 1.73. The summed E-state index contributed by atoms with van der Waals surface area (Å²) in [7, 11) is 0. The fraction of sp³-hybridized carbons (Fsp3) is 0.188. The highest BCUT2D eigenvalue weighted by Gasteiger charge is 2.43. The van der Waals surface area contributed by atoms with Crippen LogP contribution in [0.25, 0.3) is 0 Å². The third-order valence-corrected chi connectivity index (χ3v) is 2.91. The summed E-state index contributed by atoms with van der Waals surface area (Å²) in [4.78, 5) is 4.10. The van der Waals surface area contributed by atoms with Gasteiger partial charge in [0.15, 0.2) is 0 Å². The lowest BCUT2D eigenvalue weighted by atomic mass is 10.2. The van der Waals surface area contributed by atoms with E-state index in [1.165, 1.54) is 11.1 Å². The number of aryl methyl sites for hydroxylation is 2. The molecular weight excluding hydrogens is 238 g/mol. The molecular formula is C16H15NO2. The molecule has 3 rings (SSSR count). The van der Waals surface area contributed by atoms with E-state index in [0.29, 0.717) is 0 Å². The second kappa shape index (κ2) is 4.43. The van der Waals surface area contributed by atoms with Crippen molar-refractivity contribution in [3.63, 3.8) is 0 Å². The summed E-state index contributed by atoms with van der Waals surface area (Å²) < 4.78 is 11.5. The van der Waals surface area contributed by atoms with E-state index in [4.69, 9.17) is 9.47 Å². The van der Waals surface area contributed by atoms with E-state index in [1.807, 2.05) is 62.4 Å². The molecule has 1 aliphatic rings. The first kappa shape index (κ1) is 11.8. The average Bonchev–Trinajstić information content (AvgIpc) is 3.15. The lowest BCUT2D eigenvalue weighted by molar-refractivity contribution is -0.00702. The molecule has 0 unspecified atom stereocenters. The molecule has 19 heavy (non-hydrogen) atoms. The van der Waals surface area contributed by atoms with Crippen molar-refractivity contribution in [1.29, 1.82) is 0 Å². The molecule has 0 spiro atoms. The van der Waals surface area contributed by atoms with Crippen molar-refractivity contribution >= 4 is 6.21 Å². The van der Waals surface area contributed by atoms with E-state index in [2.05, 4.69) is 4.99 Å². The second-order valence-corrected chi connectivity index (χ2v) is 4.72. The Labute approximate surface area is 112 Å². The number of hydrogen-bond donors (Lipinski definition) is 0. The Morgan fingerprint density at radius 3 is 1.42 bits per heavy atom. The van der Waals surface area contributed by atoms with Gasteiger partial charge in [0.25, 0.3) is 0 Å². The maximum absolute atomic E-state index is 5.76. The summed E-state index contributed by atoms with van der Waals surface area (Å²) in [6.07, 6.45) is 1.66. The van der Waals surface area contributed by atoms with Gasteiger partial charge in [0, 0.05) is 0 Å². The van der Waals surface area contributed by atoms with E-state index < -0.39 is 5.91 Å². The molecule has 0 aromatic heterocycles. The molecule has 0 aliphatic carbocycles. The predicted molar refractivity (Wildman–Crippen MR) is 74.8 cm³/mol. The van der Waals surface area contributed by atoms with Gasteiger partial charge < -0.3 is 9.47 Å². The first-order valence-corrected chi connectivity index (χ1v) is 6.23. The van der Waals surface area contributed by atoms with E-state index in [1.54, 1.807) is 6.21 Å². The lowest BCUT2D eigenvalue weighted by Crippen LogP contribution is -2.29. The van der Waals surface area contributed by atoms with Crippen LogP contribution in [0, 0.1) is 13.8 Å². The van der Waals surface area contributed by atoms with Gasteiger partial charge >= 0.3 is 5.91 Å². The van der Waals surface area contributed by atoms with Gasteiger partial charge in [-0.15, -0.1) is 0 Å². The Hall–Kier alpha value is -2.29. The summed E-state index contributed by atoms with van der Waals surface area (Å²) in [6.45, 7) is 4.08. The van der Waals surface area contributed by atoms with Gasteiger partial charge in [-0.25, -0.2) is 0 Å². The smallest absolute Gasteiger partial charge is 0.395 e. The minimum absolute atomic E-state index is 0.746. The number of rotatable bonds is 4. The van der Waals surface area contributed by atoms with E-state index in [9.17, 15) is 0 Å². The summed E-state index contributed by atoms with van der Waals surface area (Å²) in [6, 6.07) is 15.6. The van der Waals surface area contributed by atoms with Crippen molar-refractivity contribution in [3.8, 4) is 11.5 Å². The SMILES string of the molecule is Cc1ccc(OC2(Oc3ccc(C)cc3)C=N2)cc1. The van der Waals surface area contributed by atoms with Gasteiger partial charge in [-0.2, -0.15) is 4.99 Å². The highest BCUT2D eigenvalue weighted by atomic mass is 16.7. The van der Waals surface area contributed by atoms with Crippen LogP contribution in [0.15, 0.2) is 53.5 Å². The topological polar surface area (TPSA) is 30.8 Å². The molecule has 0 saturated carbocycles. The van der Waals surface area contributed by atoms with Crippen LogP contribution in [-0.4, -0.2) is 12.1 Å². The minimum Gasteiger partial charge on any atom is -0.430 e. The van der Waals surface area contributed by atoms with E-state index in [-0.39, 0.29) is 0 Å². The van der Waals surface area contributed by atoms with Crippen LogP contribution in [0.4, 0.5) is 0 Å². The summed E-state index contributed by atoms with van der Waals surface area (Å²) in [5, 5.41) is 0. The zero-order valence-electron chi connectivity index (χ0n) is 11.0. The highest BCUT2D eigenvalue weighted by Crippen LogP contribution is 2.29. The van der Waals surface area contributed by atoms with Crippen molar-refractivity contribution in [2.75, 3.05) is 0 Å². The minimum atomic E-state index is -0.954. The van der Waals surface area contributed by atoms with Crippen molar-refractivity contribution in [3.05, 3.63) is 59.7 Å². The number of nitrogens with zero attached hydrogens (tertiary/aromatic N) is 1. The van der Waals surface area contributed by atoms with Crippen molar-refractivity contribution in [1.82, 2.24) is 0 Å². The van der Waals surface area contributed by atoms with Gasteiger partial charge in [0.2, 0.25) is 0 Å². The molecule has 96 valence electrons. The molecule has 0 bridgehead atoms. The molecule has 0 radical (unpaired) electrons. The van der Waals surface area contributed by atoms with Crippen LogP contribution >= 0.6 is 0 Å². The Bertz CT molecular complexity index is 544. The molecule has 2 aromatic rings. The molecule has 1 heterocycles. The maximum atomic E-state index is 5.76. The van der Waals surface area contributed by atoms with Crippen molar-refractivity contribution in [2.24, 2.45) is 4.99 Å². The average molecular weight is 253 g/mol. The summed E-state index contributed by atoms with van der Waals surface area (Å²) in [5.41, 5.74) is 2.38. The molecule has 1 aliphatic heterocycles. The van der Waals surface area contributed by atoms with Crippen LogP contribution in [0.3, 0.4) is 0 Å². The molecule has 0 saturated heterocycles. The third-order valence-electron chi connectivity index (χ3n) is 2.91. The first-order chi connectivity index (χ1) is 9.15. The molecule has 3 heteroatoms. The summed E-state index contributed by atoms with van der Waals surface area (Å²) >= 11 is 0. The van der Waals surface area contributed by atoms with Gasteiger partial charge in [-0.1, -0.05) is 35.4 Å². The number of benzene rings is 2. The van der Waals surface area contributed by atoms with E-state index in [0.717, 1.165) is 11.5 Å². The second-order valence-electron chi connectivity index (χ2n) is 4.72. The zero-order valence-corrected chi connectivity index (χ0v) is 11.0. The number of aliphatic imine (C=N–C) groups is 1. The molecule has 0 fully saturated rings. The molecule has 2 aromatic carbocycles. The Morgan fingerprint density at radius 1 is 0.737 bits per heavy atom. The fourth-order valence-corrected chi connectivity index (χ4v) is 1.73. The van der Waals surface area contributed by atoms with Crippen LogP contribution in [0.2, 0.25) is 0 Å². The highest BCUT2D eigenvalue weighted by molar-refractivity contribution is 5.81. The van der Waals surface area contributed by atoms with Gasteiger partial charge in [-0.05, 0) is 38.1 Å². The van der Waals surface area contributed by atoms with Crippen LogP contribution in [-0.2, 0) is 0 Å². The molecule has 0 amide bonds. The van der Waals surface area contributed by atoms with Crippen LogP contribution < -0.4 is 9.47 Å². The quantitative estimate of drug-likeness (QED) is 0.781. The lowest BCUT2D eigenvalue weighted by Gasteiger charge is -2.17. The Balaban J connectivity index is 1.70. The zero-order chi connectivity index (χ0) is 13.3. The normalized spacial score (nSPS) is 15.1. The molecule has 0 atom stereocenters. The molecule has 0 N–H and O–H groups in total. The standard InChI is InChI=1S/C16H15NO2/c1-12-3-7-14(8-4-12)18-16(11-17-16)19-15-9-5-13(2)6-10-15/h3-11H,1-2H3. The predicted octanol–water partition coefficient (Wildman–Crippen LogP) is 3.50. The monoisotopic (exact) mass is 253 g/mol. The molecule has 3 nitrogen and oxygen atoms in total. The van der Waals surface area contributed by atoms with Gasteiger partial charge in [-0.3, -0.25) is 0 Å². The van der Waals surface area contributed by atoms with Crippen molar-refractivity contribution < 1.29 is 9.47 Å². The first-order valence-electron chi connectivity index (χ1n) is 6.23. The number of ether oxygens (including phenoxy) is 2. The largest absolute Gasteiger partial charge is 0.430 e. The number of hydrogen-bond acceptors (Lipinski definition) is 3.